The van der Waals surface area contributed by atoms with Crippen molar-refractivity contribution >= 4 is 40.4 Å². The predicted molar refractivity (Wildman–Crippen MR) is 94.1 cm³/mol. The van der Waals surface area contributed by atoms with E-state index in [1.165, 1.54) is 4.88 Å². The summed E-state index contributed by atoms with van der Waals surface area (Å²) in [4.78, 5) is 25.6. The first-order valence-electron chi connectivity index (χ1n) is 7.33. The Labute approximate surface area is 143 Å². The van der Waals surface area contributed by atoms with Gasteiger partial charge >= 0.3 is 0 Å². The molecule has 0 spiro atoms. The van der Waals surface area contributed by atoms with E-state index in [-0.39, 0.29) is 28.1 Å². The highest BCUT2D eigenvalue weighted by Crippen LogP contribution is 2.21. The van der Waals surface area contributed by atoms with Gasteiger partial charge in [0.25, 0.3) is 11.8 Å². The molecule has 0 saturated carbocycles. The second-order valence-corrected chi connectivity index (χ2v) is 7.27. The van der Waals surface area contributed by atoms with Crippen LogP contribution in [0.15, 0.2) is 17.5 Å². The smallest absolute Gasteiger partial charge is 0.273 e. The fourth-order valence-electron chi connectivity index (χ4n) is 1.84. The van der Waals surface area contributed by atoms with E-state index in [0.717, 1.165) is 18.0 Å². The number of thiophene rings is 1. The Bertz CT molecular complexity index is 665. The van der Waals surface area contributed by atoms with Crippen molar-refractivity contribution in [3.8, 4) is 0 Å². The molecule has 0 aliphatic carbocycles. The monoisotopic (exact) mass is 352 g/mol. The molecule has 0 aliphatic heterocycles. The predicted octanol–water partition coefficient (Wildman–Crippen LogP) is 2.15. The van der Waals surface area contributed by atoms with Crippen molar-refractivity contribution in [2.75, 3.05) is 18.8 Å². The number of anilines is 1. The zero-order chi connectivity index (χ0) is 16.8. The normalized spacial score (nSPS) is 10.7. The number of nitrogens with one attached hydrogen (secondary N) is 2. The fraction of sp³-hybridized carbons (Fsp3) is 0.400. The highest BCUT2D eigenvalue weighted by atomic mass is 32.1. The standard InChI is InChI=1S/C15H20N4O2S2/c1-9(2)8-18-14(20)12-11(16)13(23-19-12)15(21)17-6-5-10-4-3-7-22-10/h3-4,7,9H,5-6,8,16H2,1-2H3,(H,17,21)(H,18,20). The van der Waals surface area contributed by atoms with E-state index in [4.69, 9.17) is 5.73 Å². The van der Waals surface area contributed by atoms with Crippen molar-refractivity contribution in [1.82, 2.24) is 15.0 Å². The topological polar surface area (TPSA) is 97.1 Å². The van der Waals surface area contributed by atoms with Crippen molar-refractivity contribution in [3.05, 3.63) is 33.0 Å². The molecule has 0 unspecified atom stereocenters. The Morgan fingerprint density at radius 2 is 2.09 bits per heavy atom. The summed E-state index contributed by atoms with van der Waals surface area (Å²) in [7, 11) is 0. The molecule has 0 radical (unpaired) electrons. The fourth-order valence-corrected chi connectivity index (χ4v) is 3.26. The Balaban J connectivity index is 1.92. The zero-order valence-corrected chi connectivity index (χ0v) is 14.7. The van der Waals surface area contributed by atoms with Crippen molar-refractivity contribution in [2.45, 2.75) is 20.3 Å². The minimum Gasteiger partial charge on any atom is -0.395 e. The zero-order valence-electron chi connectivity index (χ0n) is 13.1. The second-order valence-electron chi connectivity index (χ2n) is 5.46. The molecule has 2 rings (SSSR count). The van der Waals surface area contributed by atoms with Gasteiger partial charge in [-0.2, -0.15) is 4.37 Å². The molecular formula is C15H20N4O2S2. The molecule has 8 heteroatoms. The molecule has 4 N–H and O–H groups in total. The van der Waals surface area contributed by atoms with Crippen molar-refractivity contribution < 1.29 is 9.59 Å². The minimum atomic E-state index is -0.343. The molecule has 0 atom stereocenters. The second kappa shape index (κ2) is 8.07. The number of carbonyl (C=O) groups is 2. The van der Waals surface area contributed by atoms with Gasteiger partial charge in [0.2, 0.25) is 0 Å². The van der Waals surface area contributed by atoms with Crippen LogP contribution in [0.2, 0.25) is 0 Å². The largest absolute Gasteiger partial charge is 0.395 e. The van der Waals surface area contributed by atoms with Crippen molar-refractivity contribution in [2.24, 2.45) is 5.92 Å². The molecule has 2 heterocycles. The van der Waals surface area contributed by atoms with Gasteiger partial charge in [-0.25, -0.2) is 0 Å². The summed E-state index contributed by atoms with van der Waals surface area (Å²) in [6.45, 7) is 5.05. The molecule has 2 aromatic rings. The van der Waals surface area contributed by atoms with E-state index in [9.17, 15) is 9.59 Å². The van der Waals surface area contributed by atoms with E-state index in [0.29, 0.717) is 19.0 Å². The number of amides is 2. The van der Waals surface area contributed by atoms with Gasteiger partial charge in [0.05, 0.1) is 5.69 Å². The van der Waals surface area contributed by atoms with E-state index in [1.807, 2.05) is 31.4 Å². The van der Waals surface area contributed by atoms with Crippen LogP contribution in [0.25, 0.3) is 0 Å². The molecule has 0 fully saturated rings. The SMILES string of the molecule is CC(C)CNC(=O)c1nsc(C(=O)NCCc2cccs2)c1N. The van der Waals surface area contributed by atoms with Gasteiger partial charge in [-0.05, 0) is 35.3 Å². The summed E-state index contributed by atoms with van der Waals surface area (Å²) < 4.78 is 4.02. The van der Waals surface area contributed by atoms with Crippen LogP contribution >= 0.6 is 22.9 Å². The molecule has 0 saturated heterocycles. The number of nitrogen functional groups attached to an aromatic ring is 1. The number of nitrogens with zero attached hydrogens (tertiary/aromatic N) is 1. The highest BCUT2D eigenvalue weighted by Gasteiger charge is 2.21. The van der Waals surface area contributed by atoms with Gasteiger partial charge in [0, 0.05) is 18.0 Å². The molecule has 0 bridgehead atoms. The van der Waals surface area contributed by atoms with Crippen LogP contribution in [-0.4, -0.2) is 29.3 Å². The number of carbonyl (C=O) groups excluding carboxylic acids is 2. The summed E-state index contributed by atoms with van der Waals surface area (Å²) in [5, 5.41) is 7.56. The van der Waals surface area contributed by atoms with Crippen LogP contribution in [-0.2, 0) is 6.42 Å². The summed E-state index contributed by atoms with van der Waals surface area (Å²) in [6, 6.07) is 4.00. The molecular weight excluding hydrogens is 332 g/mol. The van der Waals surface area contributed by atoms with Gasteiger partial charge in [-0.1, -0.05) is 19.9 Å². The van der Waals surface area contributed by atoms with Gasteiger partial charge in [0.1, 0.15) is 4.88 Å². The van der Waals surface area contributed by atoms with Gasteiger partial charge in [-0.15, -0.1) is 11.3 Å². The molecule has 6 nitrogen and oxygen atoms in total. The summed E-state index contributed by atoms with van der Waals surface area (Å²) in [5.41, 5.74) is 6.17. The first kappa shape index (κ1) is 17.4. The Morgan fingerprint density at radius 1 is 1.30 bits per heavy atom. The highest BCUT2D eigenvalue weighted by molar-refractivity contribution is 7.10. The number of aromatic nitrogens is 1. The number of hydrogen-bond donors (Lipinski definition) is 3. The quantitative estimate of drug-likeness (QED) is 0.711. The number of rotatable bonds is 7. The van der Waals surface area contributed by atoms with Crippen LogP contribution in [0.5, 0.6) is 0 Å². The van der Waals surface area contributed by atoms with Crippen LogP contribution in [0, 0.1) is 5.92 Å². The Morgan fingerprint density at radius 3 is 2.74 bits per heavy atom. The van der Waals surface area contributed by atoms with Crippen LogP contribution in [0.4, 0.5) is 5.69 Å². The van der Waals surface area contributed by atoms with Crippen LogP contribution in [0.3, 0.4) is 0 Å². The van der Waals surface area contributed by atoms with E-state index >= 15 is 0 Å². The lowest BCUT2D eigenvalue weighted by atomic mass is 10.2. The average molecular weight is 352 g/mol. The Hall–Kier alpha value is -1.93. The summed E-state index contributed by atoms with van der Waals surface area (Å²) in [5.74, 6) is -0.302. The van der Waals surface area contributed by atoms with Crippen LogP contribution < -0.4 is 16.4 Å². The van der Waals surface area contributed by atoms with E-state index < -0.39 is 0 Å². The maximum absolute atomic E-state index is 12.1. The van der Waals surface area contributed by atoms with E-state index in [1.54, 1.807) is 11.3 Å². The maximum atomic E-state index is 12.1. The van der Waals surface area contributed by atoms with Crippen molar-refractivity contribution in [3.63, 3.8) is 0 Å². The van der Waals surface area contributed by atoms with Gasteiger partial charge < -0.3 is 16.4 Å². The summed E-state index contributed by atoms with van der Waals surface area (Å²) >= 11 is 2.60. The number of hydrogen-bond acceptors (Lipinski definition) is 6. The lowest BCUT2D eigenvalue weighted by Gasteiger charge is -2.06. The van der Waals surface area contributed by atoms with Gasteiger partial charge in [-0.3, -0.25) is 9.59 Å². The van der Waals surface area contributed by atoms with Crippen molar-refractivity contribution in [1.29, 1.82) is 0 Å². The first-order chi connectivity index (χ1) is 11.0. The third-order valence-electron chi connectivity index (χ3n) is 3.06. The average Bonchev–Trinajstić information content (AvgIpc) is 3.14. The minimum absolute atomic E-state index is 0.124. The third-order valence-corrected chi connectivity index (χ3v) is 4.86. The van der Waals surface area contributed by atoms with Crippen LogP contribution in [0.1, 0.15) is 38.9 Å². The molecule has 2 amide bonds. The van der Waals surface area contributed by atoms with Gasteiger partial charge in [0.15, 0.2) is 5.69 Å². The molecule has 0 aromatic carbocycles. The molecule has 23 heavy (non-hydrogen) atoms. The number of nitrogens with two attached hydrogens (primary N) is 1. The lowest BCUT2D eigenvalue weighted by molar-refractivity contribution is 0.0945. The molecule has 0 aliphatic rings. The summed E-state index contributed by atoms with van der Waals surface area (Å²) in [6.07, 6.45) is 0.768. The maximum Gasteiger partial charge on any atom is 0.273 e. The van der Waals surface area contributed by atoms with E-state index in [2.05, 4.69) is 15.0 Å². The lowest BCUT2D eigenvalue weighted by Crippen LogP contribution is -2.29. The molecule has 2 aromatic heterocycles. The molecule has 124 valence electrons. The first-order valence-corrected chi connectivity index (χ1v) is 8.98. The Kier molecular flexibility index (Phi) is 6.12. The third kappa shape index (κ3) is 4.77.